The van der Waals surface area contributed by atoms with Crippen LogP contribution in [0.2, 0.25) is 0 Å². The molecular weight excluding hydrogens is 267 g/mol. The number of amides is 1. The van der Waals surface area contributed by atoms with E-state index in [2.05, 4.69) is 5.32 Å². The molecule has 0 fully saturated rings. The number of nitrogens with two attached hydrogens (primary N) is 1. The van der Waals surface area contributed by atoms with Crippen molar-refractivity contribution >= 4 is 5.91 Å². The van der Waals surface area contributed by atoms with Gasteiger partial charge >= 0.3 is 0 Å². The molecule has 0 heterocycles. The lowest BCUT2D eigenvalue weighted by molar-refractivity contribution is -0.123. The predicted molar refractivity (Wildman–Crippen MR) is 84.2 cm³/mol. The number of benzene rings is 1. The molecule has 0 saturated carbocycles. The van der Waals surface area contributed by atoms with Crippen LogP contribution < -0.4 is 11.1 Å². The topological polar surface area (TPSA) is 55.1 Å². The molecule has 0 aliphatic heterocycles. The van der Waals surface area contributed by atoms with Gasteiger partial charge in [0.1, 0.15) is 5.82 Å². The van der Waals surface area contributed by atoms with Crippen molar-refractivity contribution in [2.75, 3.05) is 0 Å². The maximum absolute atomic E-state index is 13.1. The third kappa shape index (κ3) is 5.46. The Morgan fingerprint density at radius 1 is 1.24 bits per heavy atom. The summed E-state index contributed by atoms with van der Waals surface area (Å²) < 4.78 is 13.1. The van der Waals surface area contributed by atoms with Crippen LogP contribution in [0.25, 0.3) is 0 Å². The summed E-state index contributed by atoms with van der Waals surface area (Å²) >= 11 is 0. The molecule has 4 heteroatoms. The van der Waals surface area contributed by atoms with Crippen LogP contribution in [0.3, 0.4) is 0 Å². The average Bonchev–Trinajstić information content (AvgIpc) is 2.35. The van der Waals surface area contributed by atoms with E-state index in [1.165, 1.54) is 12.1 Å². The Hall–Kier alpha value is -1.42. The maximum atomic E-state index is 13.1. The maximum Gasteiger partial charge on any atom is 0.222 e. The van der Waals surface area contributed by atoms with Crippen molar-refractivity contribution in [3.8, 4) is 0 Å². The van der Waals surface area contributed by atoms with Gasteiger partial charge in [0.05, 0.1) is 6.04 Å². The van der Waals surface area contributed by atoms with Gasteiger partial charge in [0, 0.05) is 12.5 Å². The second kappa shape index (κ2) is 7.03. The highest BCUT2D eigenvalue weighted by Crippen LogP contribution is 2.32. The van der Waals surface area contributed by atoms with Gasteiger partial charge in [-0.15, -0.1) is 0 Å². The Labute approximate surface area is 127 Å². The van der Waals surface area contributed by atoms with Crippen LogP contribution in [0, 0.1) is 17.2 Å². The van der Waals surface area contributed by atoms with E-state index < -0.39 is 0 Å². The zero-order valence-electron chi connectivity index (χ0n) is 13.6. The second-order valence-corrected chi connectivity index (χ2v) is 7.03. The van der Waals surface area contributed by atoms with Gasteiger partial charge in [0.15, 0.2) is 0 Å². The smallest absolute Gasteiger partial charge is 0.222 e. The first-order chi connectivity index (χ1) is 9.61. The third-order valence-corrected chi connectivity index (χ3v) is 3.65. The van der Waals surface area contributed by atoms with Crippen LogP contribution in [-0.4, -0.2) is 11.9 Å². The monoisotopic (exact) mass is 294 g/mol. The van der Waals surface area contributed by atoms with Crippen molar-refractivity contribution in [3.05, 3.63) is 35.6 Å². The SMILES string of the molecule is CC(C)C(N)CC(=O)NC(c1ccc(F)cc1)C(C)(C)C. The molecule has 118 valence electrons. The normalized spacial score (nSPS) is 14.9. The van der Waals surface area contributed by atoms with Crippen molar-refractivity contribution in [2.24, 2.45) is 17.1 Å². The lowest BCUT2D eigenvalue weighted by Crippen LogP contribution is -2.40. The summed E-state index contributed by atoms with van der Waals surface area (Å²) in [6.45, 7) is 10.1. The first-order valence-electron chi connectivity index (χ1n) is 7.41. The van der Waals surface area contributed by atoms with Gasteiger partial charge in [0.2, 0.25) is 5.91 Å². The van der Waals surface area contributed by atoms with Gasteiger partial charge in [-0.25, -0.2) is 4.39 Å². The van der Waals surface area contributed by atoms with Crippen molar-refractivity contribution in [3.63, 3.8) is 0 Å². The van der Waals surface area contributed by atoms with Crippen molar-refractivity contribution < 1.29 is 9.18 Å². The molecule has 2 unspecified atom stereocenters. The molecule has 2 atom stereocenters. The van der Waals surface area contributed by atoms with Crippen molar-refractivity contribution in [1.29, 1.82) is 0 Å². The zero-order chi connectivity index (χ0) is 16.2. The molecule has 3 nitrogen and oxygen atoms in total. The third-order valence-electron chi connectivity index (χ3n) is 3.65. The molecule has 0 bridgehead atoms. The standard InChI is InChI=1S/C17H27FN2O/c1-11(2)14(19)10-15(21)20-16(17(3,4)5)12-6-8-13(18)9-7-12/h6-9,11,14,16H,10,19H2,1-5H3,(H,20,21). The Balaban J connectivity index is 2.85. The van der Waals surface area contributed by atoms with Crippen LogP contribution in [0.5, 0.6) is 0 Å². The minimum atomic E-state index is -0.278. The lowest BCUT2D eigenvalue weighted by Gasteiger charge is -2.32. The Bertz CT molecular complexity index is 463. The fourth-order valence-electron chi connectivity index (χ4n) is 2.12. The van der Waals surface area contributed by atoms with E-state index >= 15 is 0 Å². The van der Waals surface area contributed by atoms with Gasteiger partial charge < -0.3 is 11.1 Å². The van der Waals surface area contributed by atoms with E-state index in [4.69, 9.17) is 5.73 Å². The van der Waals surface area contributed by atoms with Crippen LogP contribution >= 0.6 is 0 Å². The summed E-state index contributed by atoms with van der Waals surface area (Å²) in [5.74, 6) is -0.0883. The fraction of sp³-hybridized carbons (Fsp3) is 0.588. The van der Waals surface area contributed by atoms with Crippen LogP contribution in [0.15, 0.2) is 24.3 Å². The van der Waals surface area contributed by atoms with E-state index in [-0.39, 0.29) is 35.1 Å². The van der Waals surface area contributed by atoms with Gasteiger partial charge in [-0.3, -0.25) is 4.79 Å². The first kappa shape index (κ1) is 17.6. The van der Waals surface area contributed by atoms with Gasteiger partial charge in [-0.2, -0.15) is 0 Å². The fourth-order valence-corrected chi connectivity index (χ4v) is 2.12. The van der Waals surface area contributed by atoms with Crippen LogP contribution in [0.4, 0.5) is 4.39 Å². The summed E-state index contributed by atoms with van der Waals surface area (Å²) in [5.41, 5.74) is 6.68. The molecule has 1 rings (SSSR count). The predicted octanol–water partition coefficient (Wildman–Crippen LogP) is 3.40. The highest BCUT2D eigenvalue weighted by molar-refractivity contribution is 5.77. The number of nitrogens with one attached hydrogen (secondary N) is 1. The molecule has 0 aromatic heterocycles. The molecule has 0 aliphatic carbocycles. The number of rotatable bonds is 5. The van der Waals surface area contributed by atoms with Crippen LogP contribution in [0.1, 0.15) is 52.6 Å². The van der Waals surface area contributed by atoms with E-state index in [9.17, 15) is 9.18 Å². The molecule has 1 amide bonds. The highest BCUT2D eigenvalue weighted by Gasteiger charge is 2.28. The van der Waals surface area contributed by atoms with E-state index in [0.29, 0.717) is 6.42 Å². The summed E-state index contributed by atoms with van der Waals surface area (Å²) in [6, 6.07) is 5.94. The summed E-state index contributed by atoms with van der Waals surface area (Å²) in [4.78, 5) is 12.2. The zero-order valence-corrected chi connectivity index (χ0v) is 13.6. The summed E-state index contributed by atoms with van der Waals surface area (Å²) in [5, 5.41) is 3.04. The molecule has 21 heavy (non-hydrogen) atoms. The molecule has 1 aromatic carbocycles. The summed E-state index contributed by atoms with van der Waals surface area (Å²) in [7, 11) is 0. The lowest BCUT2D eigenvalue weighted by atomic mass is 9.82. The highest BCUT2D eigenvalue weighted by atomic mass is 19.1. The van der Waals surface area contributed by atoms with E-state index in [1.807, 2.05) is 34.6 Å². The Kier molecular flexibility index (Phi) is 5.90. The Morgan fingerprint density at radius 2 is 1.76 bits per heavy atom. The van der Waals surface area contributed by atoms with Gasteiger partial charge in [0.25, 0.3) is 0 Å². The molecule has 3 N–H and O–H groups in total. The molecule has 1 aromatic rings. The average molecular weight is 294 g/mol. The number of carbonyl (C=O) groups excluding carboxylic acids is 1. The quantitative estimate of drug-likeness (QED) is 0.874. The van der Waals surface area contributed by atoms with Gasteiger partial charge in [-0.05, 0) is 29.0 Å². The largest absolute Gasteiger partial charge is 0.349 e. The van der Waals surface area contributed by atoms with E-state index in [1.54, 1.807) is 12.1 Å². The minimum Gasteiger partial charge on any atom is -0.349 e. The molecule has 0 aliphatic rings. The molecular formula is C17H27FN2O. The summed E-state index contributed by atoms with van der Waals surface area (Å²) in [6.07, 6.45) is 0.297. The number of hydrogen-bond donors (Lipinski definition) is 2. The molecule has 0 saturated heterocycles. The van der Waals surface area contributed by atoms with E-state index in [0.717, 1.165) is 5.56 Å². The number of halogens is 1. The first-order valence-corrected chi connectivity index (χ1v) is 7.41. The minimum absolute atomic E-state index is 0.0690. The molecule has 0 spiro atoms. The second-order valence-electron chi connectivity index (χ2n) is 7.03. The number of hydrogen-bond acceptors (Lipinski definition) is 2. The van der Waals surface area contributed by atoms with Crippen molar-refractivity contribution in [1.82, 2.24) is 5.32 Å². The van der Waals surface area contributed by atoms with Crippen LogP contribution in [-0.2, 0) is 4.79 Å². The Morgan fingerprint density at radius 3 is 2.19 bits per heavy atom. The van der Waals surface area contributed by atoms with Gasteiger partial charge in [-0.1, -0.05) is 46.8 Å². The molecule has 0 radical (unpaired) electrons. The van der Waals surface area contributed by atoms with Crippen molar-refractivity contribution in [2.45, 2.75) is 53.1 Å². The number of carbonyl (C=O) groups is 1.